The Kier molecular flexibility index (Phi) is 40.6. The van der Waals surface area contributed by atoms with Gasteiger partial charge in [-0.3, -0.25) is 0 Å². The van der Waals surface area contributed by atoms with Crippen LogP contribution in [-0.2, 0) is 21.1 Å². The van der Waals surface area contributed by atoms with Crippen molar-refractivity contribution in [2.75, 3.05) is 0 Å². The monoisotopic (exact) mass is 338 g/mol. The molecule has 0 aromatic rings. The van der Waals surface area contributed by atoms with Gasteiger partial charge in [-0.2, -0.15) is 0 Å². The van der Waals surface area contributed by atoms with Crippen LogP contribution in [-0.4, -0.2) is 24.4 Å². The SMILES string of the molecule is NC(=O)[O-].NC(=O)[O-].NC(=O)[O-].NC(=O)[O-].[Mo+4]. The first kappa shape index (κ1) is 29.3. The number of hydrogen-bond donors (Lipinski definition) is 4. The summed E-state index contributed by atoms with van der Waals surface area (Å²) < 4.78 is 0. The van der Waals surface area contributed by atoms with Gasteiger partial charge in [-0.05, 0) is 0 Å². The van der Waals surface area contributed by atoms with Crippen LogP contribution in [0.25, 0.3) is 0 Å². The summed E-state index contributed by atoms with van der Waals surface area (Å²) in [6.07, 6.45) is -6.33. The molecule has 0 heterocycles. The van der Waals surface area contributed by atoms with Crippen molar-refractivity contribution in [1.82, 2.24) is 0 Å². The Morgan fingerprint density at radius 1 is 0.529 bits per heavy atom. The Balaban J connectivity index is -0.0000000369. The van der Waals surface area contributed by atoms with Crippen molar-refractivity contribution < 1.29 is 60.7 Å². The van der Waals surface area contributed by atoms with Crippen molar-refractivity contribution in [2.24, 2.45) is 22.9 Å². The van der Waals surface area contributed by atoms with Crippen LogP contribution in [0, 0.1) is 0 Å². The number of nitrogens with two attached hydrogens (primary N) is 4. The third-order valence-corrected chi connectivity index (χ3v) is 0. The first-order chi connectivity index (χ1) is 6.93. The Hall–Kier alpha value is -2.23. The first-order valence-corrected chi connectivity index (χ1v) is 2.79. The Morgan fingerprint density at radius 2 is 0.529 bits per heavy atom. The molecule has 0 spiro atoms. The van der Waals surface area contributed by atoms with Crippen LogP contribution in [0.1, 0.15) is 0 Å². The minimum absolute atomic E-state index is 0. The van der Waals surface area contributed by atoms with Gasteiger partial charge in [-0.15, -0.1) is 0 Å². The molecule has 17 heavy (non-hydrogen) atoms. The molecule has 0 bridgehead atoms. The standard InChI is InChI=1S/4CH3NO2.Mo/c4*2-1(3)4;/h4*2H2,(H,3,4);/q;;;;+4/p-4. The van der Waals surface area contributed by atoms with Crippen molar-refractivity contribution in [2.45, 2.75) is 0 Å². The van der Waals surface area contributed by atoms with E-state index < -0.39 is 24.4 Å². The molecule has 12 nitrogen and oxygen atoms in total. The van der Waals surface area contributed by atoms with Crippen molar-refractivity contribution >= 4 is 24.4 Å². The van der Waals surface area contributed by atoms with Gasteiger partial charge in [0.25, 0.3) is 0 Å². The van der Waals surface area contributed by atoms with E-state index >= 15 is 0 Å². The number of rotatable bonds is 0. The van der Waals surface area contributed by atoms with Gasteiger partial charge in [0, 0.05) is 0 Å². The summed E-state index contributed by atoms with van der Waals surface area (Å²) in [5, 5.41) is 34.7. The van der Waals surface area contributed by atoms with E-state index in [-0.39, 0.29) is 21.1 Å². The van der Waals surface area contributed by atoms with E-state index in [0.717, 1.165) is 0 Å². The molecular weight excluding hydrogens is 328 g/mol. The molecule has 0 unspecified atom stereocenters. The summed E-state index contributed by atoms with van der Waals surface area (Å²) in [5.74, 6) is 0. The topological polar surface area (TPSA) is 265 Å². The minimum atomic E-state index is -1.58. The van der Waals surface area contributed by atoms with Crippen molar-refractivity contribution in [3.63, 3.8) is 0 Å². The third-order valence-electron chi connectivity index (χ3n) is 0. The fourth-order valence-corrected chi connectivity index (χ4v) is 0. The Morgan fingerprint density at radius 3 is 0.529 bits per heavy atom. The molecule has 0 saturated heterocycles. The molecular formula is C4H8MoN4O8. The predicted molar refractivity (Wildman–Crippen MR) is 38.3 cm³/mol. The fraction of sp³-hybridized carbons (Fsp3) is 0. The molecule has 0 aromatic heterocycles. The summed E-state index contributed by atoms with van der Waals surface area (Å²) in [4.78, 5) is 34.7. The van der Waals surface area contributed by atoms with Crippen LogP contribution >= 0.6 is 0 Å². The molecule has 8 N–H and O–H groups in total. The third kappa shape index (κ3) is 383. The molecule has 0 aliphatic rings. The second-order valence-electron chi connectivity index (χ2n) is 1.28. The molecule has 0 aliphatic carbocycles. The Labute approximate surface area is 108 Å². The van der Waals surface area contributed by atoms with Crippen LogP contribution in [0.5, 0.6) is 0 Å². The molecule has 0 fully saturated rings. The number of primary amides is 4. The molecule has 0 aromatic carbocycles. The maximum absolute atomic E-state index is 8.67. The van der Waals surface area contributed by atoms with Gasteiger partial charge in [0.2, 0.25) is 0 Å². The number of amides is 4. The summed E-state index contributed by atoms with van der Waals surface area (Å²) in [5.41, 5.74) is 15.7. The largest absolute Gasteiger partial charge is 4.00 e. The van der Waals surface area contributed by atoms with E-state index in [0.29, 0.717) is 0 Å². The quantitative estimate of drug-likeness (QED) is 0.308. The normalized spacial score (nSPS) is 5.65. The number of carbonyl (C=O) groups is 4. The van der Waals surface area contributed by atoms with Crippen LogP contribution in [0.15, 0.2) is 0 Å². The van der Waals surface area contributed by atoms with Crippen LogP contribution in [0.2, 0.25) is 0 Å². The maximum atomic E-state index is 8.67. The van der Waals surface area contributed by atoms with Gasteiger partial charge < -0.3 is 62.5 Å². The molecule has 13 heteroatoms. The summed E-state index contributed by atoms with van der Waals surface area (Å²) in [7, 11) is 0. The zero-order valence-corrected chi connectivity index (χ0v) is 9.99. The molecule has 0 radical (unpaired) electrons. The van der Waals surface area contributed by atoms with Crippen molar-refractivity contribution in [3.8, 4) is 0 Å². The second-order valence-corrected chi connectivity index (χ2v) is 1.28. The van der Waals surface area contributed by atoms with E-state index in [1.165, 1.54) is 0 Å². The second kappa shape index (κ2) is 23.5. The number of carboxylic acid groups (broad SMARTS) is 4. The van der Waals surface area contributed by atoms with Crippen molar-refractivity contribution in [1.29, 1.82) is 0 Å². The molecule has 98 valence electrons. The van der Waals surface area contributed by atoms with Gasteiger partial charge in [0.1, 0.15) is 24.4 Å². The molecule has 0 aliphatic heterocycles. The van der Waals surface area contributed by atoms with Crippen molar-refractivity contribution in [3.05, 3.63) is 0 Å². The fourth-order valence-electron chi connectivity index (χ4n) is 0. The number of carbonyl (C=O) groups excluding carboxylic acids is 4. The van der Waals surface area contributed by atoms with E-state index in [1.54, 1.807) is 0 Å². The van der Waals surface area contributed by atoms with Gasteiger partial charge in [-0.25, -0.2) is 0 Å². The average Bonchev–Trinajstić information content (AvgIpc) is 1.76. The molecule has 0 rings (SSSR count). The summed E-state index contributed by atoms with van der Waals surface area (Å²) in [6, 6.07) is 0. The molecule has 0 atom stereocenters. The Bertz CT molecular complexity index is 170. The minimum Gasteiger partial charge on any atom is -0.530 e. The van der Waals surface area contributed by atoms with Crippen LogP contribution in [0.4, 0.5) is 19.2 Å². The van der Waals surface area contributed by atoms with E-state index in [1.807, 2.05) is 0 Å². The predicted octanol–water partition coefficient (Wildman–Crippen LogP) is -6.85. The van der Waals surface area contributed by atoms with E-state index in [4.69, 9.17) is 39.6 Å². The van der Waals surface area contributed by atoms with E-state index in [9.17, 15) is 0 Å². The van der Waals surface area contributed by atoms with Crippen LogP contribution < -0.4 is 43.4 Å². The zero-order valence-electron chi connectivity index (χ0n) is 7.98. The average molecular weight is 336 g/mol. The van der Waals surface area contributed by atoms with Gasteiger partial charge in [-0.1, -0.05) is 0 Å². The summed E-state index contributed by atoms with van der Waals surface area (Å²) >= 11 is 0. The van der Waals surface area contributed by atoms with E-state index in [2.05, 4.69) is 22.9 Å². The first-order valence-electron chi connectivity index (χ1n) is 2.79. The molecule has 4 amide bonds. The van der Waals surface area contributed by atoms with Gasteiger partial charge >= 0.3 is 21.1 Å². The number of hydrogen-bond acceptors (Lipinski definition) is 8. The van der Waals surface area contributed by atoms with Gasteiger partial charge in [0.15, 0.2) is 0 Å². The smallest absolute Gasteiger partial charge is 0.530 e. The van der Waals surface area contributed by atoms with Gasteiger partial charge in [0.05, 0.1) is 0 Å². The zero-order chi connectivity index (χ0) is 14.3. The van der Waals surface area contributed by atoms with Crippen LogP contribution in [0.3, 0.4) is 0 Å². The summed E-state index contributed by atoms with van der Waals surface area (Å²) in [6.45, 7) is 0. The maximum Gasteiger partial charge on any atom is 4.00 e. The molecule has 0 saturated carbocycles.